The summed E-state index contributed by atoms with van der Waals surface area (Å²) in [6.07, 6.45) is 0.164. The smallest absolute Gasteiger partial charge is 0.322 e. The Labute approximate surface area is 93.0 Å². The minimum absolute atomic E-state index is 0.164. The number of ether oxygens (including phenoxy) is 1. The van der Waals surface area contributed by atoms with E-state index in [1.54, 1.807) is 31.4 Å². The number of carbonyl (C=O) groups excluding carboxylic acids is 1. The van der Waals surface area contributed by atoms with Gasteiger partial charge in [-0.3, -0.25) is 9.59 Å². The molecule has 1 amide bonds. The highest BCUT2D eigenvalue weighted by atomic mass is 16.5. The first kappa shape index (κ1) is 12.0. The fourth-order valence-electron chi connectivity index (χ4n) is 1.17. The molecular formula is C11H13NO4. The highest BCUT2D eigenvalue weighted by molar-refractivity contribution is 5.82. The topological polar surface area (TPSA) is 75.6 Å². The van der Waals surface area contributed by atoms with Gasteiger partial charge < -0.3 is 15.2 Å². The summed E-state index contributed by atoms with van der Waals surface area (Å²) in [6, 6.07) is 7.03. The number of hydrogen-bond acceptors (Lipinski definition) is 3. The lowest BCUT2D eigenvalue weighted by Gasteiger charge is -2.03. The fourth-order valence-corrected chi connectivity index (χ4v) is 1.17. The molecule has 16 heavy (non-hydrogen) atoms. The van der Waals surface area contributed by atoms with E-state index in [2.05, 4.69) is 5.32 Å². The van der Waals surface area contributed by atoms with Gasteiger partial charge in [0.05, 0.1) is 13.5 Å². The molecule has 0 aromatic heterocycles. The van der Waals surface area contributed by atoms with E-state index in [1.807, 2.05) is 0 Å². The molecule has 2 N–H and O–H groups in total. The Kier molecular flexibility index (Phi) is 4.32. The molecule has 5 nitrogen and oxygen atoms in total. The number of benzene rings is 1. The molecule has 0 unspecified atom stereocenters. The molecule has 0 atom stereocenters. The Bertz CT molecular complexity index is 372. The van der Waals surface area contributed by atoms with Crippen LogP contribution in [-0.4, -0.2) is 30.6 Å². The van der Waals surface area contributed by atoms with Crippen molar-refractivity contribution in [2.24, 2.45) is 0 Å². The normalized spacial score (nSPS) is 9.56. The first-order valence-corrected chi connectivity index (χ1v) is 4.73. The van der Waals surface area contributed by atoms with Gasteiger partial charge in [-0.25, -0.2) is 0 Å². The molecule has 5 heteroatoms. The van der Waals surface area contributed by atoms with Crippen LogP contribution in [0.15, 0.2) is 24.3 Å². The number of amides is 1. The van der Waals surface area contributed by atoms with E-state index in [4.69, 9.17) is 9.84 Å². The second-order valence-corrected chi connectivity index (χ2v) is 3.20. The number of carboxylic acid groups (broad SMARTS) is 1. The van der Waals surface area contributed by atoms with Gasteiger partial charge in [-0.05, 0) is 17.7 Å². The van der Waals surface area contributed by atoms with Gasteiger partial charge in [-0.1, -0.05) is 12.1 Å². The van der Waals surface area contributed by atoms with Crippen molar-refractivity contribution in [3.05, 3.63) is 29.8 Å². The Hall–Kier alpha value is -2.04. The third kappa shape index (κ3) is 4.00. The summed E-state index contributed by atoms with van der Waals surface area (Å²) in [5.41, 5.74) is 0.809. The Morgan fingerprint density at radius 3 is 2.44 bits per heavy atom. The van der Waals surface area contributed by atoms with Crippen LogP contribution in [0.4, 0.5) is 0 Å². The summed E-state index contributed by atoms with van der Waals surface area (Å²) in [6.45, 7) is -0.352. The molecule has 1 aromatic rings. The van der Waals surface area contributed by atoms with Gasteiger partial charge in [0.15, 0.2) is 0 Å². The average Bonchev–Trinajstić information content (AvgIpc) is 2.27. The van der Waals surface area contributed by atoms with Gasteiger partial charge in [0, 0.05) is 0 Å². The lowest BCUT2D eigenvalue weighted by atomic mass is 10.1. The van der Waals surface area contributed by atoms with E-state index < -0.39 is 5.97 Å². The summed E-state index contributed by atoms with van der Waals surface area (Å²) in [5, 5.41) is 10.7. The zero-order valence-electron chi connectivity index (χ0n) is 8.90. The van der Waals surface area contributed by atoms with Crippen LogP contribution in [0.5, 0.6) is 5.75 Å². The Balaban J connectivity index is 2.46. The van der Waals surface area contributed by atoms with Gasteiger partial charge in [-0.15, -0.1) is 0 Å². The van der Waals surface area contributed by atoms with E-state index in [1.165, 1.54) is 0 Å². The SMILES string of the molecule is COc1ccc(CC(=O)NCC(=O)O)cc1. The van der Waals surface area contributed by atoms with Crippen molar-refractivity contribution in [1.29, 1.82) is 0 Å². The molecule has 0 saturated heterocycles. The van der Waals surface area contributed by atoms with Gasteiger partial charge in [-0.2, -0.15) is 0 Å². The largest absolute Gasteiger partial charge is 0.497 e. The van der Waals surface area contributed by atoms with Gasteiger partial charge in [0.1, 0.15) is 12.3 Å². The molecule has 1 rings (SSSR count). The number of carbonyl (C=O) groups is 2. The van der Waals surface area contributed by atoms with E-state index in [0.717, 1.165) is 11.3 Å². The van der Waals surface area contributed by atoms with Crippen LogP contribution in [0.2, 0.25) is 0 Å². The van der Waals surface area contributed by atoms with Crippen LogP contribution in [0, 0.1) is 0 Å². The molecule has 0 spiro atoms. The number of carboxylic acids is 1. The van der Waals surface area contributed by atoms with E-state index in [9.17, 15) is 9.59 Å². The lowest BCUT2D eigenvalue weighted by Crippen LogP contribution is -2.30. The standard InChI is InChI=1S/C11H13NO4/c1-16-9-4-2-8(3-5-9)6-10(13)12-7-11(14)15/h2-5H,6-7H2,1H3,(H,12,13)(H,14,15). The minimum atomic E-state index is -1.05. The average molecular weight is 223 g/mol. The van der Waals surface area contributed by atoms with E-state index in [-0.39, 0.29) is 18.9 Å². The van der Waals surface area contributed by atoms with E-state index in [0.29, 0.717) is 0 Å². The maximum Gasteiger partial charge on any atom is 0.322 e. The number of hydrogen-bond donors (Lipinski definition) is 2. The Morgan fingerprint density at radius 2 is 1.94 bits per heavy atom. The number of nitrogens with one attached hydrogen (secondary N) is 1. The van der Waals surface area contributed by atoms with Crippen molar-refractivity contribution in [2.75, 3.05) is 13.7 Å². The third-order valence-electron chi connectivity index (χ3n) is 1.96. The molecular weight excluding hydrogens is 210 g/mol. The van der Waals surface area contributed by atoms with Crippen LogP contribution in [0.1, 0.15) is 5.56 Å². The fraction of sp³-hybridized carbons (Fsp3) is 0.273. The lowest BCUT2D eigenvalue weighted by molar-refractivity contribution is -0.137. The van der Waals surface area contributed by atoms with Crippen molar-refractivity contribution in [2.45, 2.75) is 6.42 Å². The summed E-state index contributed by atoms with van der Waals surface area (Å²) < 4.78 is 4.97. The first-order chi connectivity index (χ1) is 7.61. The molecule has 0 saturated carbocycles. The van der Waals surface area contributed by atoms with E-state index >= 15 is 0 Å². The Morgan fingerprint density at radius 1 is 1.31 bits per heavy atom. The summed E-state index contributed by atoms with van der Waals surface area (Å²) >= 11 is 0. The summed E-state index contributed by atoms with van der Waals surface area (Å²) in [5.74, 6) is -0.648. The van der Waals surface area contributed by atoms with Gasteiger partial charge in [0.25, 0.3) is 0 Å². The van der Waals surface area contributed by atoms with Crippen molar-refractivity contribution in [3.8, 4) is 5.75 Å². The molecule has 0 radical (unpaired) electrons. The van der Waals surface area contributed by atoms with Gasteiger partial charge >= 0.3 is 5.97 Å². The highest BCUT2D eigenvalue weighted by Crippen LogP contribution is 2.11. The number of rotatable bonds is 5. The van der Waals surface area contributed by atoms with Crippen molar-refractivity contribution >= 4 is 11.9 Å². The maximum absolute atomic E-state index is 11.3. The molecule has 0 aliphatic heterocycles. The summed E-state index contributed by atoms with van der Waals surface area (Å²) in [4.78, 5) is 21.5. The molecule has 0 aliphatic carbocycles. The predicted octanol–water partition coefficient (Wildman–Crippen LogP) is 0.438. The second kappa shape index (κ2) is 5.75. The maximum atomic E-state index is 11.3. The van der Waals surface area contributed by atoms with Crippen LogP contribution in [0.25, 0.3) is 0 Å². The van der Waals surface area contributed by atoms with Crippen molar-refractivity contribution < 1.29 is 19.4 Å². The highest BCUT2D eigenvalue weighted by Gasteiger charge is 2.05. The minimum Gasteiger partial charge on any atom is -0.497 e. The van der Waals surface area contributed by atoms with Crippen molar-refractivity contribution in [1.82, 2.24) is 5.32 Å². The predicted molar refractivity (Wildman–Crippen MR) is 57.3 cm³/mol. The molecule has 86 valence electrons. The molecule has 0 aliphatic rings. The number of aliphatic carboxylic acids is 1. The molecule has 0 bridgehead atoms. The van der Waals surface area contributed by atoms with Crippen LogP contribution >= 0.6 is 0 Å². The zero-order chi connectivity index (χ0) is 12.0. The zero-order valence-corrected chi connectivity index (χ0v) is 8.90. The quantitative estimate of drug-likeness (QED) is 0.759. The van der Waals surface area contributed by atoms with Crippen LogP contribution in [-0.2, 0) is 16.0 Å². The van der Waals surface area contributed by atoms with Crippen LogP contribution in [0.3, 0.4) is 0 Å². The second-order valence-electron chi connectivity index (χ2n) is 3.20. The molecule has 0 heterocycles. The first-order valence-electron chi connectivity index (χ1n) is 4.73. The van der Waals surface area contributed by atoms with Crippen molar-refractivity contribution in [3.63, 3.8) is 0 Å². The summed E-state index contributed by atoms with van der Waals surface area (Å²) in [7, 11) is 1.56. The van der Waals surface area contributed by atoms with Gasteiger partial charge in [0.2, 0.25) is 5.91 Å². The third-order valence-corrected chi connectivity index (χ3v) is 1.96. The monoisotopic (exact) mass is 223 g/mol. The number of methoxy groups -OCH3 is 1. The molecule has 0 fully saturated rings. The molecule has 1 aromatic carbocycles. The van der Waals surface area contributed by atoms with Crippen LogP contribution < -0.4 is 10.1 Å².